The second-order valence-corrected chi connectivity index (χ2v) is 5.71. The highest BCUT2D eigenvalue weighted by molar-refractivity contribution is 5.73. The number of oxazole rings is 1. The van der Waals surface area contributed by atoms with E-state index in [2.05, 4.69) is 20.4 Å². The first-order chi connectivity index (χ1) is 13.6. The van der Waals surface area contributed by atoms with Crippen LogP contribution >= 0.6 is 0 Å². The molecular formula is C18H18N6O4. The number of rotatable bonds is 6. The molecule has 4 rings (SSSR count). The summed E-state index contributed by atoms with van der Waals surface area (Å²) >= 11 is 0. The third-order valence-corrected chi connectivity index (χ3v) is 4.02. The lowest BCUT2D eigenvalue weighted by atomic mass is 10.2. The van der Waals surface area contributed by atoms with Crippen LogP contribution < -0.4 is 25.3 Å². The molecule has 0 fully saturated rings. The Morgan fingerprint density at radius 1 is 1.00 bits per heavy atom. The van der Waals surface area contributed by atoms with Gasteiger partial charge in [-0.2, -0.15) is 9.97 Å². The monoisotopic (exact) mass is 382 g/mol. The van der Waals surface area contributed by atoms with Crippen LogP contribution in [0.25, 0.3) is 17.1 Å². The number of anilines is 3. The lowest BCUT2D eigenvalue weighted by Crippen LogP contribution is -2.02. The molecule has 0 bridgehead atoms. The summed E-state index contributed by atoms with van der Waals surface area (Å²) in [6.07, 6.45) is 0. The van der Waals surface area contributed by atoms with Gasteiger partial charge < -0.3 is 29.7 Å². The fourth-order valence-electron chi connectivity index (χ4n) is 2.75. The zero-order valence-corrected chi connectivity index (χ0v) is 15.5. The smallest absolute Gasteiger partial charge is 0.327 e. The van der Waals surface area contributed by atoms with Crippen molar-refractivity contribution in [1.29, 1.82) is 0 Å². The zero-order chi connectivity index (χ0) is 19.7. The van der Waals surface area contributed by atoms with E-state index in [1.54, 1.807) is 26.4 Å². The number of benzene rings is 2. The lowest BCUT2D eigenvalue weighted by molar-refractivity contribution is 0.324. The summed E-state index contributed by atoms with van der Waals surface area (Å²) < 4.78 is 23.0. The minimum atomic E-state index is 0.126. The van der Waals surface area contributed by atoms with Crippen molar-refractivity contribution in [2.75, 3.05) is 32.4 Å². The van der Waals surface area contributed by atoms with E-state index in [4.69, 9.17) is 24.4 Å². The van der Waals surface area contributed by atoms with Gasteiger partial charge in [-0.1, -0.05) is 12.1 Å². The fraction of sp³-hybridized carbons (Fsp3) is 0.167. The number of ether oxygens (including phenoxy) is 3. The first kappa shape index (κ1) is 17.5. The normalized spacial score (nSPS) is 10.8. The standard InChI is InChI=1S/C18H18N6O4/c1-25-13-8-10(9-14(26-2)15(13)27-3)20-17-22-16(19)24(23-17)18-21-11-6-4-5-7-12(11)28-18/h4-9H,1-3H3,(H3,19,20,22,23). The molecule has 2 aromatic heterocycles. The van der Waals surface area contributed by atoms with E-state index in [0.29, 0.717) is 34.0 Å². The van der Waals surface area contributed by atoms with E-state index in [1.165, 1.54) is 11.8 Å². The average Bonchev–Trinajstić information content (AvgIpc) is 3.29. The van der Waals surface area contributed by atoms with Crippen LogP contribution in [0.4, 0.5) is 17.6 Å². The molecule has 2 heterocycles. The van der Waals surface area contributed by atoms with Crippen molar-refractivity contribution >= 4 is 28.7 Å². The maximum atomic E-state index is 5.99. The molecular weight excluding hydrogens is 364 g/mol. The van der Waals surface area contributed by atoms with Crippen molar-refractivity contribution in [3.8, 4) is 23.3 Å². The lowest BCUT2D eigenvalue weighted by Gasteiger charge is -2.14. The minimum Gasteiger partial charge on any atom is -0.493 e. The van der Waals surface area contributed by atoms with Crippen molar-refractivity contribution in [3.05, 3.63) is 36.4 Å². The number of aromatic nitrogens is 4. The van der Waals surface area contributed by atoms with Gasteiger partial charge in [0.25, 0.3) is 0 Å². The molecule has 4 aromatic rings. The predicted octanol–water partition coefficient (Wildman–Crippen LogP) is 2.76. The maximum Gasteiger partial charge on any atom is 0.327 e. The van der Waals surface area contributed by atoms with Crippen molar-refractivity contribution in [2.45, 2.75) is 0 Å². The van der Waals surface area contributed by atoms with Crippen LogP contribution in [0.15, 0.2) is 40.8 Å². The molecule has 10 nitrogen and oxygen atoms in total. The zero-order valence-electron chi connectivity index (χ0n) is 15.5. The largest absolute Gasteiger partial charge is 0.493 e. The number of fused-ring (bicyclic) bond motifs is 1. The Morgan fingerprint density at radius 3 is 2.36 bits per heavy atom. The first-order valence-corrected chi connectivity index (χ1v) is 8.28. The molecule has 0 aliphatic rings. The molecule has 10 heteroatoms. The predicted molar refractivity (Wildman–Crippen MR) is 103 cm³/mol. The van der Waals surface area contributed by atoms with Crippen molar-refractivity contribution in [2.24, 2.45) is 0 Å². The highest BCUT2D eigenvalue weighted by Crippen LogP contribution is 2.40. The topological polar surface area (TPSA) is 122 Å². The molecule has 3 N–H and O–H groups in total. The highest BCUT2D eigenvalue weighted by Gasteiger charge is 2.17. The fourth-order valence-corrected chi connectivity index (χ4v) is 2.75. The van der Waals surface area contributed by atoms with Crippen LogP contribution in [-0.4, -0.2) is 41.1 Å². The Balaban J connectivity index is 1.67. The number of hydrogen-bond acceptors (Lipinski definition) is 9. The molecule has 28 heavy (non-hydrogen) atoms. The van der Waals surface area contributed by atoms with Gasteiger partial charge in [-0.15, -0.1) is 9.78 Å². The summed E-state index contributed by atoms with van der Waals surface area (Å²) in [7, 11) is 4.62. The Morgan fingerprint density at radius 2 is 1.71 bits per heavy atom. The summed E-state index contributed by atoms with van der Waals surface area (Å²) in [4.78, 5) is 8.58. The minimum absolute atomic E-state index is 0.126. The third kappa shape index (κ3) is 3.00. The van der Waals surface area contributed by atoms with Gasteiger partial charge in [0, 0.05) is 17.8 Å². The van der Waals surface area contributed by atoms with Gasteiger partial charge >= 0.3 is 6.01 Å². The molecule has 0 spiro atoms. The van der Waals surface area contributed by atoms with E-state index in [-0.39, 0.29) is 17.9 Å². The Hall–Kier alpha value is -3.95. The Kier molecular flexibility index (Phi) is 4.36. The molecule has 0 atom stereocenters. The summed E-state index contributed by atoms with van der Waals surface area (Å²) in [5.41, 5.74) is 7.95. The Labute approximate surface area is 159 Å². The molecule has 0 amide bonds. The Bertz CT molecular complexity index is 1080. The van der Waals surface area contributed by atoms with E-state index < -0.39 is 0 Å². The third-order valence-electron chi connectivity index (χ3n) is 4.02. The van der Waals surface area contributed by atoms with E-state index in [1.807, 2.05) is 24.3 Å². The van der Waals surface area contributed by atoms with Gasteiger partial charge in [0.2, 0.25) is 17.6 Å². The van der Waals surface area contributed by atoms with E-state index in [0.717, 1.165) is 0 Å². The number of nitrogens with two attached hydrogens (primary N) is 1. The van der Waals surface area contributed by atoms with Gasteiger partial charge in [0.15, 0.2) is 17.1 Å². The second-order valence-electron chi connectivity index (χ2n) is 5.71. The van der Waals surface area contributed by atoms with Gasteiger partial charge in [-0.25, -0.2) is 0 Å². The van der Waals surface area contributed by atoms with Crippen LogP contribution in [0.2, 0.25) is 0 Å². The van der Waals surface area contributed by atoms with Crippen molar-refractivity contribution < 1.29 is 18.6 Å². The molecule has 144 valence electrons. The van der Waals surface area contributed by atoms with E-state index >= 15 is 0 Å². The van der Waals surface area contributed by atoms with Crippen molar-refractivity contribution in [3.63, 3.8) is 0 Å². The number of methoxy groups -OCH3 is 3. The average molecular weight is 382 g/mol. The van der Waals surface area contributed by atoms with Crippen LogP contribution in [0.5, 0.6) is 17.2 Å². The quantitative estimate of drug-likeness (QED) is 0.518. The van der Waals surface area contributed by atoms with E-state index in [9.17, 15) is 0 Å². The summed E-state index contributed by atoms with van der Waals surface area (Å²) in [6.45, 7) is 0. The summed E-state index contributed by atoms with van der Waals surface area (Å²) in [5, 5.41) is 7.39. The number of nitrogens with one attached hydrogen (secondary N) is 1. The van der Waals surface area contributed by atoms with Crippen LogP contribution in [0.1, 0.15) is 0 Å². The van der Waals surface area contributed by atoms with Gasteiger partial charge in [-0.05, 0) is 12.1 Å². The maximum absolute atomic E-state index is 5.99. The SMILES string of the molecule is COc1cc(Nc2nc(N)n(-c3nc4ccccc4o3)n2)cc(OC)c1OC. The molecule has 0 aliphatic carbocycles. The van der Waals surface area contributed by atoms with Gasteiger partial charge in [-0.3, -0.25) is 0 Å². The van der Waals surface area contributed by atoms with Crippen LogP contribution in [-0.2, 0) is 0 Å². The highest BCUT2D eigenvalue weighted by atomic mass is 16.5. The van der Waals surface area contributed by atoms with Gasteiger partial charge in [0.05, 0.1) is 21.3 Å². The number of para-hydroxylation sites is 2. The molecule has 0 saturated carbocycles. The molecule has 0 radical (unpaired) electrons. The van der Waals surface area contributed by atoms with Gasteiger partial charge in [0.1, 0.15) is 5.52 Å². The number of nitrogen functional groups attached to an aromatic ring is 1. The molecule has 0 unspecified atom stereocenters. The molecule has 2 aromatic carbocycles. The van der Waals surface area contributed by atoms with Crippen LogP contribution in [0, 0.1) is 0 Å². The summed E-state index contributed by atoms with van der Waals surface area (Å²) in [6, 6.07) is 11.1. The number of nitrogens with zero attached hydrogens (tertiary/aromatic N) is 4. The molecule has 0 saturated heterocycles. The van der Waals surface area contributed by atoms with Crippen LogP contribution in [0.3, 0.4) is 0 Å². The first-order valence-electron chi connectivity index (χ1n) is 8.28. The second kappa shape index (κ2) is 6.99. The molecule has 0 aliphatic heterocycles. The number of hydrogen-bond donors (Lipinski definition) is 2. The summed E-state index contributed by atoms with van der Waals surface area (Å²) in [5.74, 6) is 1.86. The van der Waals surface area contributed by atoms with Crippen molar-refractivity contribution in [1.82, 2.24) is 19.7 Å².